The molecule has 1 fully saturated rings. The number of hydrogen-bond acceptors (Lipinski definition) is 4. The Hall–Kier alpha value is -2.11. The zero-order chi connectivity index (χ0) is 16.1. The van der Waals surface area contributed by atoms with Crippen LogP contribution in [-0.2, 0) is 9.53 Å². The summed E-state index contributed by atoms with van der Waals surface area (Å²) in [6.07, 6.45) is 3.43. The molecule has 0 radical (unpaired) electrons. The lowest BCUT2D eigenvalue weighted by Gasteiger charge is -2.28. The van der Waals surface area contributed by atoms with Crippen LogP contribution in [0.4, 0.5) is 4.39 Å². The summed E-state index contributed by atoms with van der Waals surface area (Å²) in [6, 6.07) is 3.63. The monoisotopic (exact) mass is 310 g/mol. The zero-order valence-electron chi connectivity index (χ0n) is 12.4. The quantitative estimate of drug-likeness (QED) is 0.846. The first-order valence-electron chi connectivity index (χ1n) is 7.26. The number of aromatic carboxylic acids is 1. The molecule has 0 spiro atoms. The van der Waals surface area contributed by atoms with E-state index in [1.165, 1.54) is 19.2 Å². The Bertz CT molecular complexity index is 549. The Morgan fingerprint density at radius 3 is 2.50 bits per heavy atom. The molecule has 1 saturated carbocycles. The van der Waals surface area contributed by atoms with Crippen LogP contribution >= 0.6 is 0 Å². The summed E-state index contributed by atoms with van der Waals surface area (Å²) in [6.45, 7) is 0. The van der Waals surface area contributed by atoms with Crippen molar-refractivity contribution in [2.45, 2.75) is 38.2 Å². The van der Waals surface area contributed by atoms with Crippen LogP contribution < -0.4 is 4.74 Å². The first-order chi connectivity index (χ1) is 10.5. The van der Waals surface area contributed by atoms with Crippen LogP contribution in [0.5, 0.6) is 5.75 Å². The maximum absolute atomic E-state index is 13.8. The van der Waals surface area contributed by atoms with Gasteiger partial charge in [0.15, 0.2) is 11.6 Å². The van der Waals surface area contributed by atoms with E-state index in [4.69, 9.17) is 9.84 Å². The Balaban J connectivity index is 1.88. The summed E-state index contributed by atoms with van der Waals surface area (Å²) in [5, 5.41) is 8.80. The second kappa shape index (κ2) is 7.24. The highest BCUT2D eigenvalue weighted by atomic mass is 19.1. The van der Waals surface area contributed by atoms with E-state index in [1.54, 1.807) is 0 Å². The Morgan fingerprint density at radius 1 is 1.27 bits per heavy atom. The number of carbonyl (C=O) groups is 2. The number of carboxylic acid groups (broad SMARTS) is 1. The molecule has 0 saturated heterocycles. The van der Waals surface area contributed by atoms with E-state index in [9.17, 15) is 14.0 Å². The molecule has 1 aromatic carbocycles. The van der Waals surface area contributed by atoms with E-state index in [0.29, 0.717) is 6.42 Å². The third-order valence-electron chi connectivity index (χ3n) is 3.95. The van der Waals surface area contributed by atoms with Crippen LogP contribution in [-0.4, -0.2) is 30.3 Å². The van der Waals surface area contributed by atoms with Crippen molar-refractivity contribution in [3.63, 3.8) is 0 Å². The molecule has 0 bridgehead atoms. The SMILES string of the molecule is COC(=O)CC1CCC(Oc2ccc(C(=O)O)cc2F)CC1. The average Bonchev–Trinajstić information content (AvgIpc) is 2.50. The minimum absolute atomic E-state index is 0.0708. The predicted molar refractivity (Wildman–Crippen MR) is 76.4 cm³/mol. The number of halogens is 1. The number of rotatable bonds is 5. The molecule has 6 heteroatoms. The molecule has 0 amide bonds. The molecule has 0 atom stereocenters. The molecule has 0 unspecified atom stereocenters. The van der Waals surface area contributed by atoms with E-state index in [0.717, 1.165) is 31.7 Å². The highest BCUT2D eigenvalue weighted by Crippen LogP contribution is 2.30. The van der Waals surface area contributed by atoms with Crippen LogP contribution in [0.25, 0.3) is 0 Å². The first kappa shape index (κ1) is 16.3. The molecular formula is C16H19FO5. The number of hydrogen-bond donors (Lipinski definition) is 1. The third-order valence-corrected chi connectivity index (χ3v) is 3.95. The van der Waals surface area contributed by atoms with Gasteiger partial charge < -0.3 is 14.6 Å². The minimum atomic E-state index is -1.17. The summed E-state index contributed by atoms with van der Waals surface area (Å²) >= 11 is 0. The minimum Gasteiger partial charge on any atom is -0.487 e. The smallest absolute Gasteiger partial charge is 0.335 e. The number of methoxy groups -OCH3 is 1. The number of carbonyl (C=O) groups excluding carboxylic acids is 1. The van der Waals surface area contributed by atoms with Gasteiger partial charge in [-0.3, -0.25) is 4.79 Å². The first-order valence-corrected chi connectivity index (χ1v) is 7.26. The summed E-state index contributed by atoms with van der Waals surface area (Å²) in [5.41, 5.74) is -0.105. The van der Waals surface area contributed by atoms with Crippen molar-refractivity contribution in [3.05, 3.63) is 29.6 Å². The van der Waals surface area contributed by atoms with Gasteiger partial charge in [-0.05, 0) is 49.8 Å². The third kappa shape index (κ3) is 4.19. The molecule has 2 rings (SSSR count). The normalized spacial score (nSPS) is 21.2. The van der Waals surface area contributed by atoms with Gasteiger partial charge in [0.2, 0.25) is 0 Å². The van der Waals surface area contributed by atoms with E-state index in [-0.39, 0.29) is 29.3 Å². The van der Waals surface area contributed by atoms with Crippen molar-refractivity contribution >= 4 is 11.9 Å². The second-order valence-electron chi connectivity index (χ2n) is 5.49. The predicted octanol–water partition coefficient (Wildman–Crippen LogP) is 3.02. The van der Waals surface area contributed by atoms with E-state index in [2.05, 4.69) is 4.74 Å². The molecule has 120 valence electrons. The maximum Gasteiger partial charge on any atom is 0.335 e. The van der Waals surface area contributed by atoms with Gasteiger partial charge in [-0.2, -0.15) is 0 Å². The number of esters is 1. The lowest BCUT2D eigenvalue weighted by Crippen LogP contribution is -2.25. The van der Waals surface area contributed by atoms with Crippen molar-refractivity contribution in [1.82, 2.24) is 0 Å². The molecule has 1 aliphatic rings. The van der Waals surface area contributed by atoms with Crippen molar-refractivity contribution < 1.29 is 28.6 Å². The Labute approximate surface area is 128 Å². The lowest BCUT2D eigenvalue weighted by atomic mass is 9.85. The van der Waals surface area contributed by atoms with Crippen LogP contribution in [0.2, 0.25) is 0 Å². The van der Waals surface area contributed by atoms with Crippen LogP contribution in [0, 0.1) is 11.7 Å². The van der Waals surface area contributed by atoms with Crippen molar-refractivity contribution in [2.24, 2.45) is 5.92 Å². The van der Waals surface area contributed by atoms with Crippen LogP contribution in [0.15, 0.2) is 18.2 Å². The molecule has 1 aromatic rings. The second-order valence-corrected chi connectivity index (χ2v) is 5.49. The largest absolute Gasteiger partial charge is 0.487 e. The van der Waals surface area contributed by atoms with Crippen LogP contribution in [0.1, 0.15) is 42.5 Å². The number of carboxylic acids is 1. The summed E-state index contributed by atoms with van der Waals surface area (Å²) in [5.74, 6) is -1.70. The van der Waals surface area contributed by atoms with Gasteiger partial charge in [0.1, 0.15) is 0 Å². The van der Waals surface area contributed by atoms with E-state index >= 15 is 0 Å². The van der Waals surface area contributed by atoms with Gasteiger partial charge in [-0.25, -0.2) is 9.18 Å². The molecule has 1 N–H and O–H groups in total. The molecule has 1 aliphatic carbocycles. The molecule has 0 heterocycles. The zero-order valence-corrected chi connectivity index (χ0v) is 12.4. The average molecular weight is 310 g/mol. The van der Waals surface area contributed by atoms with Gasteiger partial charge in [-0.1, -0.05) is 0 Å². The Kier molecular flexibility index (Phi) is 5.35. The molecule has 0 aromatic heterocycles. The molecular weight excluding hydrogens is 291 g/mol. The fourth-order valence-electron chi connectivity index (χ4n) is 2.68. The van der Waals surface area contributed by atoms with Gasteiger partial charge in [0, 0.05) is 6.42 Å². The highest BCUT2D eigenvalue weighted by molar-refractivity contribution is 5.87. The van der Waals surface area contributed by atoms with E-state index < -0.39 is 11.8 Å². The summed E-state index contributed by atoms with van der Waals surface area (Å²) < 4.78 is 24.1. The Morgan fingerprint density at radius 2 is 1.95 bits per heavy atom. The van der Waals surface area contributed by atoms with Gasteiger partial charge in [0.05, 0.1) is 18.8 Å². The van der Waals surface area contributed by atoms with Crippen molar-refractivity contribution in [1.29, 1.82) is 0 Å². The number of ether oxygens (including phenoxy) is 2. The standard InChI is InChI=1S/C16H19FO5/c1-21-15(18)8-10-2-5-12(6-3-10)22-14-7-4-11(16(19)20)9-13(14)17/h4,7,9-10,12H,2-3,5-6,8H2,1H3,(H,19,20). The highest BCUT2D eigenvalue weighted by Gasteiger charge is 2.25. The fraction of sp³-hybridized carbons (Fsp3) is 0.500. The fourth-order valence-corrected chi connectivity index (χ4v) is 2.68. The lowest BCUT2D eigenvalue weighted by molar-refractivity contribution is -0.142. The van der Waals surface area contributed by atoms with Gasteiger partial charge in [-0.15, -0.1) is 0 Å². The molecule has 5 nitrogen and oxygen atoms in total. The maximum atomic E-state index is 13.8. The van der Waals surface area contributed by atoms with Gasteiger partial charge >= 0.3 is 11.9 Å². The molecule has 0 aliphatic heterocycles. The summed E-state index contributed by atoms with van der Waals surface area (Å²) in [4.78, 5) is 22.0. The van der Waals surface area contributed by atoms with Crippen LogP contribution in [0.3, 0.4) is 0 Å². The van der Waals surface area contributed by atoms with E-state index in [1.807, 2.05) is 0 Å². The number of benzene rings is 1. The van der Waals surface area contributed by atoms with Gasteiger partial charge in [0.25, 0.3) is 0 Å². The topological polar surface area (TPSA) is 72.8 Å². The van der Waals surface area contributed by atoms with Crippen molar-refractivity contribution in [3.8, 4) is 5.75 Å². The summed E-state index contributed by atoms with van der Waals surface area (Å²) in [7, 11) is 1.38. The molecule has 22 heavy (non-hydrogen) atoms. The van der Waals surface area contributed by atoms with Crippen molar-refractivity contribution in [2.75, 3.05) is 7.11 Å².